The van der Waals surface area contributed by atoms with Crippen LogP contribution in [0.2, 0.25) is 0 Å². The Balaban J connectivity index is 3.14. The number of benzene rings is 1. The molecule has 0 aliphatic heterocycles. The van der Waals surface area contributed by atoms with Crippen molar-refractivity contribution in [3.05, 3.63) is 28.2 Å². The molecule has 19 heavy (non-hydrogen) atoms. The van der Waals surface area contributed by atoms with E-state index in [2.05, 4.69) is 15.9 Å². The Labute approximate surface area is 119 Å². The van der Waals surface area contributed by atoms with Crippen molar-refractivity contribution in [3.63, 3.8) is 0 Å². The van der Waals surface area contributed by atoms with Crippen LogP contribution in [0.15, 0.2) is 21.5 Å². The fourth-order valence-corrected chi connectivity index (χ4v) is 3.71. The maximum atomic E-state index is 13.6. The minimum atomic E-state index is -4.08. The van der Waals surface area contributed by atoms with Gasteiger partial charge in [0.25, 0.3) is 0 Å². The summed E-state index contributed by atoms with van der Waals surface area (Å²) in [6, 6.07) is 1.40. The van der Waals surface area contributed by atoms with Gasteiger partial charge in [0.1, 0.15) is 16.5 Å². The van der Waals surface area contributed by atoms with Crippen molar-refractivity contribution >= 4 is 26.0 Å². The van der Waals surface area contributed by atoms with Crippen molar-refractivity contribution in [2.45, 2.75) is 24.3 Å². The van der Waals surface area contributed by atoms with E-state index >= 15 is 0 Å². The van der Waals surface area contributed by atoms with Gasteiger partial charge in [-0.2, -0.15) is 0 Å². The number of halogens is 3. The minimum absolute atomic E-state index is 0.0310. The van der Waals surface area contributed by atoms with Gasteiger partial charge in [-0.3, -0.25) is 0 Å². The normalized spacial score (nSPS) is 13.8. The van der Waals surface area contributed by atoms with Crippen LogP contribution in [0.5, 0.6) is 0 Å². The monoisotopic (exact) mass is 357 g/mol. The van der Waals surface area contributed by atoms with E-state index in [-0.39, 0.29) is 17.4 Å². The summed E-state index contributed by atoms with van der Waals surface area (Å²) in [5.74, 6) is -2.02. The van der Waals surface area contributed by atoms with Crippen LogP contribution in [0, 0.1) is 11.6 Å². The Morgan fingerprint density at radius 3 is 2.47 bits per heavy atom. The van der Waals surface area contributed by atoms with E-state index in [0.717, 1.165) is 10.4 Å². The lowest BCUT2D eigenvalue weighted by atomic mass is 10.3. The minimum Gasteiger partial charge on any atom is -0.393 e. The molecule has 1 unspecified atom stereocenters. The van der Waals surface area contributed by atoms with Crippen molar-refractivity contribution < 1.29 is 22.3 Å². The highest BCUT2D eigenvalue weighted by Crippen LogP contribution is 2.28. The molecule has 4 nitrogen and oxygen atoms in total. The smallest absolute Gasteiger partial charge is 0.246 e. The summed E-state index contributed by atoms with van der Waals surface area (Å²) in [5.41, 5.74) is 0. The largest absolute Gasteiger partial charge is 0.393 e. The molecular formula is C11H14BrF2NO3S. The first-order chi connectivity index (χ1) is 8.66. The molecule has 0 saturated carbocycles. The molecule has 1 atom stereocenters. The number of hydrogen-bond acceptors (Lipinski definition) is 3. The summed E-state index contributed by atoms with van der Waals surface area (Å²) < 4.78 is 51.6. The lowest BCUT2D eigenvalue weighted by Gasteiger charge is -2.19. The molecule has 0 amide bonds. The molecule has 1 aromatic rings. The summed E-state index contributed by atoms with van der Waals surface area (Å²) in [4.78, 5) is -0.609. The second-order valence-corrected chi connectivity index (χ2v) is 7.00. The molecule has 1 rings (SSSR count). The number of hydrogen-bond donors (Lipinski definition) is 1. The van der Waals surface area contributed by atoms with Gasteiger partial charge in [0, 0.05) is 24.1 Å². The molecule has 1 aromatic carbocycles. The molecule has 8 heteroatoms. The summed E-state index contributed by atoms with van der Waals surface area (Å²) in [5, 5.41) is 9.13. The van der Waals surface area contributed by atoms with Crippen LogP contribution in [-0.4, -0.2) is 37.5 Å². The van der Waals surface area contributed by atoms with Crippen LogP contribution in [0.3, 0.4) is 0 Å². The van der Waals surface area contributed by atoms with Crippen LogP contribution in [0.1, 0.15) is 13.3 Å². The first kappa shape index (κ1) is 16.5. The van der Waals surface area contributed by atoms with Gasteiger partial charge < -0.3 is 5.11 Å². The average molecular weight is 358 g/mol. The quantitative estimate of drug-likeness (QED) is 0.877. The third-order valence-electron chi connectivity index (χ3n) is 2.49. The molecule has 0 fully saturated rings. The van der Waals surface area contributed by atoms with Gasteiger partial charge in [-0.25, -0.2) is 21.5 Å². The predicted octanol–water partition coefficient (Wildman–Crippen LogP) is 2.12. The average Bonchev–Trinajstić information content (AvgIpc) is 2.23. The molecular weight excluding hydrogens is 344 g/mol. The molecule has 0 radical (unpaired) electrons. The Bertz CT molecular complexity index is 540. The van der Waals surface area contributed by atoms with Crippen molar-refractivity contribution in [2.75, 3.05) is 13.6 Å². The molecule has 0 bridgehead atoms. The molecule has 0 aliphatic carbocycles. The molecule has 0 saturated heterocycles. The molecule has 0 aliphatic rings. The SMILES string of the molecule is CC(O)CCN(C)S(=O)(=O)c1c(F)cc(F)cc1Br. The van der Waals surface area contributed by atoms with Gasteiger partial charge >= 0.3 is 0 Å². The van der Waals surface area contributed by atoms with Crippen LogP contribution in [0.4, 0.5) is 8.78 Å². The Morgan fingerprint density at radius 2 is 2.00 bits per heavy atom. The van der Waals surface area contributed by atoms with Gasteiger partial charge in [-0.15, -0.1) is 0 Å². The molecule has 1 N–H and O–H groups in total. The van der Waals surface area contributed by atoms with E-state index in [0.29, 0.717) is 6.07 Å². The van der Waals surface area contributed by atoms with E-state index in [1.165, 1.54) is 14.0 Å². The molecule has 0 aromatic heterocycles. The first-order valence-electron chi connectivity index (χ1n) is 5.45. The van der Waals surface area contributed by atoms with Crippen LogP contribution >= 0.6 is 15.9 Å². The summed E-state index contributed by atoms with van der Waals surface area (Å²) in [6.07, 6.45) is -0.449. The second-order valence-electron chi connectivity index (χ2n) is 4.16. The van der Waals surface area contributed by atoms with Crippen molar-refractivity contribution in [1.29, 1.82) is 0 Å². The highest BCUT2D eigenvalue weighted by atomic mass is 79.9. The van der Waals surface area contributed by atoms with Gasteiger partial charge in [0.05, 0.1) is 6.10 Å². The molecule has 0 heterocycles. The fourth-order valence-electron chi connectivity index (χ4n) is 1.42. The van der Waals surface area contributed by atoms with Crippen molar-refractivity contribution in [2.24, 2.45) is 0 Å². The number of sulfonamides is 1. The zero-order valence-electron chi connectivity index (χ0n) is 10.4. The maximum absolute atomic E-state index is 13.6. The van der Waals surface area contributed by atoms with Gasteiger partial charge in [0.15, 0.2) is 0 Å². The highest BCUT2D eigenvalue weighted by molar-refractivity contribution is 9.10. The van der Waals surface area contributed by atoms with E-state index in [4.69, 9.17) is 5.11 Å². The van der Waals surface area contributed by atoms with Crippen LogP contribution < -0.4 is 0 Å². The van der Waals surface area contributed by atoms with Gasteiger partial charge in [-0.1, -0.05) is 0 Å². The summed E-state index contributed by atoms with van der Waals surface area (Å²) >= 11 is 2.85. The highest BCUT2D eigenvalue weighted by Gasteiger charge is 2.27. The third kappa shape index (κ3) is 3.95. The topological polar surface area (TPSA) is 57.6 Å². The van der Waals surface area contributed by atoms with E-state index in [1.54, 1.807) is 0 Å². The second kappa shape index (κ2) is 6.25. The van der Waals surface area contributed by atoms with E-state index in [1.807, 2.05) is 0 Å². The zero-order chi connectivity index (χ0) is 14.8. The molecule has 0 spiro atoms. The Kier molecular flexibility index (Phi) is 5.43. The first-order valence-corrected chi connectivity index (χ1v) is 7.68. The number of aliphatic hydroxyl groups excluding tert-OH is 1. The van der Waals surface area contributed by atoms with Crippen LogP contribution in [0.25, 0.3) is 0 Å². The number of nitrogens with zero attached hydrogens (tertiary/aromatic N) is 1. The van der Waals surface area contributed by atoms with Crippen molar-refractivity contribution in [3.8, 4) is 0 Å². The predicted molar refractivity (Wildman–Crippen MR) is 70.2 cm³/mol. The Morgan fingerprint density at radius 1 is 1.42 bits per heavy atom. The zero-order valence-corrected chi connectivity index (χ0v) is 12.8. The Hall–Kier alpha value is -0.570. The number of aliphatic hydroxyl groups is 1. The van der Waals surface area contributed by atoms with E-state index in [9.17, 15) is 17.2 Å². The third-order valence-corrected chi connectivity index (χ3v) is 5.31. The van der Waals surface area contributed by atoms with Gasteiger partial charge in [-0.05, 0) is 35.3 Å². The lowest BCUT2D eigenvalue weighted by molar-refractivity contribution is 0.177. The lowest BCUT2D eigenvalue weighted by Crippen LogP contribution is -2.30. The molecule has 108 valence electrons. The van der Waals surface area contributed by atoms with Gasteiger partial charge in [0.2, 0.25) is 10.0 Å². The standard InChI is InChI=1S/C11H14BrF2NO3S/c1-7(16)3-4-15(2)19(17,18)11-9(12)5-8(13)6-10(11)14/h5-7,16H,3-4H2,1-2H3. The van der Waals surface area contributed by atoms with Crippen molar-refractivity contribution in [1.82, 2.24) is 4.31 Å². The summed E-state index contributed by atoms with van der Waals surface area (Å²) in [7, 11) is -2.81. The number of rotatable bonds is 5. The summed E-state index contributed by atoms with van der Waals surface area (Å²) in [6.45, 7) is 1.55. The van der Waals surface area contributed by atoms with E-state index < -0.39 is 32.7 Å². The maximum Gasteiger partial charge on any atom is 0.246 e. The van der Waals surface area contributed by atoms with Crippen LogP contribution in [-0.2, 0) is 10.0 Å². The fraction of sp³-hybridized carbons (Fsp3) is 0.455.